The van der Waals surface area contributed by atoms with Crippen LogP contribution in [0.15, 0.2) is 46.9 Å². The fourth-order valence-corrected chi connectivity index (χ4v) is 3.63. The van der Waals surface area contributed by atoms with Crippen LogP contribution in [0.3, 0.4) is 0 Å². The van der Waals surface area contributed by atoms with Crippen molar-refractivity contribution in [2.24, 2.45) is 0 Å². The molecule has 8 heteroatoms. The first-order valence-corrected chi connectivity index (χ1v) is 9.07. The van der Waals surface area contributed by atoms with Crippen molar-refractivity contribution >= 4 is 37.4 Å². The average molecular weight is 404 g/mol. The Balaban J connectivity index is 2.05. The molecule has 0 saturated heterocycles. The summed E-state index contributed by atoms with van der Waals surface area (Å²) in [7, 11) is -3.74. The van der Waals surface area contributed by atoms with Gasteiger partial charge in [0.1, 0.15) is 5.75 Å². The van der Waals surface area contributed by atoms with Crippen LogP contribution in [0, 0.1) is 11.6 Å². The van der Waals surface area contributed by atoms with E-state index in [1.54, 1.807) is 24.3 Å². The molecular weight excluding hydrogens is 392 g/mol. The molecule has 0 aliphatic heterocycles. The van der Waals surface area contributed by atoms with E-state index in [4.69, 9.17) is 0 Å². The number of carbonyl (C=O) groups excluding carboxylic acids is 1. The molecule has 0 unspecified atom stereocenters. The van der Waals surface area contributed by atoms with E-state index < -0.39 is 38.8 Å². The standard InChI is InChI=1S/C15H12BrF2NO3S/c16-11-4-1-3-10(7-11)8-23(21,22)9-14(20)19-13-6-2-5-12(17)15(13)18/h1-7H,8-9H2,(H,19,20). The van der Waals surface area contributed by atoms with Gasteiger partial charge >= 0.3 is 0 Å². The molecule has 0 atom stereocenters. The number of sulfone groups is 1. The normalized spacial score (nSPS) is 11.3. The number of rotatable bonds is 5. The van der Waals surface area contributed by atoms with Gasteiger partial charge in [-0.3, -0.25) is 4.79 Å². The fraction of sp³-hybridized carbons (Fsp3) is 0.133. The average Bonchev–Trinajstić information content (AvgIpc) is 2.42. The van der Waals surface area contributed by atoms with Gasteiger partial charge in [0, 0.05) is 4.47 Å². The molecule has 122 valence electrons. The minimum atomic E-state index is -3.74. The SMILES string of the molecule is O=C(CS(=O)(=O)Cc1cccc(Br)c1)Nc1cccc(F)c1F. The van der Waals surface area contributed by atoms with Crippen molar-refractivity contribution < 1.29 is 22.0 Å². The summed E-state index contributed by atoms with van der Waals surface area (Å²) in [6.45, 7) is 0. The van der Waals surface area contributed by atoms with Gasteiger partial charge in [-0.2, -0.15) is 0 Å². The van der Waals surface area contributed by atoms with Crippen molar-refractivity contribution in [1.29, 1.82) is 0 Å². The predicted octanol–water partition coefficient (Wildman–Crippen LogP) is 3.28. The zero-order valence-electron chi connectivity index (χ0n) is 11.7. The molecule has 1 amide bonds. The highest BCUT2D eigenvalue weighted by Gasteiger charge is 2.19. The third-order valence-corrected chi connectivity index (χ3v) is 4.82. The van der Waals surface area contributed by atoms with Gasteiger partial charge in [0.25, 0.3) is 0 Å². The highest BCUT2D eigenvalue weighted by atomic mass is 79.9. The molecular formula is C15H12BrF2NO3S. The van der Waals surface area contributed by atoms with Gasteiger partial charge in [-0.05, 0) is 29.8 Å². The number of hydrogen-bond acceptors (Lipinski definition) is 3. The third kappa shape index (κ3) is 5.11. The zero-order chi connectivity index (χ0) is 17.0. The number of nitrogens with one attached hydrogen (secondary N) is 1. The fourth-order valence-electron chi connectivity index (χ4n) is 1.92. The van der Waals surface area contributed by atoms with Crippen molar-refractivity contribution in [1.82, 2.24) is 0 Å². The van der Waals surface area contributed by atoms with E-state index >= 15 is 0 Å². The lowest BCUT2D eigenvalue weighted by Gasteiger charge is -2.08. The Hall–Kier alpha value is -1.80. The van der Waals surface area contributed by atoms with E-state index in [0.717, 1.165) is 16.6 Å². The Kier molecular flexibility index (Phi) is 5.48. The molecule has 0 saturated carbocycles. The van der Waals surface area contributed by atoms with Gasteiger partial charge in [-0.25, -0.2) is 17.2 Å². The molecule has 0 heterocycles. The van der Waals surface area contributed by atoms with Crippen LogP contribution >= 0.6 is 15.9 Å². The summed E-state index contributed by atoms with van der Waals surface area (Å²) in [6.07, 6.45) is 0. The van der Waals surface area contributed by atoms with Crippen LogP contribution < -0.4 is 5.32 Å². The maximum Gasteiger partial charge on any atom is 0.239 e. The zero-order valence-corrected chi connectivity index (χ0v) is 14.1. The second kappa shape index (κ2) is 7.18. The molecule has 0 aliphatic carbocycles. The third-order valence-electron chi connectivity index (χ3n) is 2.85. The molecule has 23 heavy (non-hydrogen) atoms. The lowest BCUT2D eigenvalue weighted by molar-refractivity contribution is -0.113. The smallest absolute Gasteiger partial charge is 0.239 e. The van der Waals surface area contributed by atoms with Gasteiger partial charge in [0.15, 0.2) is 21.5 Å². The summed E-state index contributed by atoms with van der Waals surface area (Å²) >= 11 is 3.23. The number of hydrogen-bond donors (Lipinski definition) is 1. The molecule has 0 fully saturated rings. The Morgan fingerprint density at radius 1 is 1.13 bits per heavy atom. The number of benzene rings is 2. The largest absolute Gasteiger partial charge is 0.323 e. The van der Waals surface area contributed by atoms with Crippen LogP contribution in [0.5, 0.6) is 0 Å². The van der Waals surface area contributed by atoms with Crippen LogP contribution in [0.1, 0.15) is 5.56 Å². The number of halogens is 3. The minimum absolute atomic E-state index is 0.328. The van der Waals surface area contributed by atoms with Crippen LogP contribution in [0.2, 0.25) is 0 Å². The maximum absolute atomic E-state index is 13.4. The summed E-state index contributed by atoms with van der Waals surface area (Å²) in [5, 5.41) is 2.06. The molecule has 0 bridgehead atoms. The maximum atomic E-state index is 13.4. The van der Waals surface area contributed by atoms with E-state index in [9.17, 15) is 22.0 Å². The van der Waals surface area contributed by atoms with E-state index in [0.29, 0.717) is 5.56 Å². The quantitative estimate of drug-likeness (QED) is 0.832. The van der Waals surface area contributed by atoms with Crippen molar-refractivity contribution in [2.75, 3.05) is 11.1 Å². The van der Waals surface area contributed by atoms with Crippen molar-refractivity contribution in [2.45, 2.75) is 5.75 Å². The first-order chi connectivity index (χ1) is 10.8. The summed E-state index contributed by atoms with van der Waals surface area (Å²) in [4.78, 5) is 11.8. The molecule has 0 radical (unpaired) electrons. The van der Waals surface area contributed by atoms with Gasteiger partial charge < -0.3 is 5.32 Å². The number of carbonyl (C=O) groups is 1. The second-order valence-corrected chi connectivity index (χ2v) is 7.79. The lowest BCUT2D eigenvalue weighted by atomic mass is 10.2. The van der Waals surface area contributed by atoms with E-state index in [1.807, 2.05) is 0 Å². The van der Waals surface area contributed by atoms with E-state index in [1.165, 1.54) is 6.07 Å². The first-order valence-electron chi connectivity index (χ1n) is 6.45. The summed E-state index contributed by atoms with van der Waals surface area (Å²) < 4.78 is 51.2. The van der Waals surface area contributed by atoms with Gasteiger partial charge in [-0.15, -0.1) is 0 Å². The molecule has 0 spiro atoms. The van der Waals surface area contributed by atoms with Crippen LogP contribution in [-0.2, 0) is 20.4 Å². The highest BCUT2D eigenvalue weighted by molar-refractivity contribution is 9.10. The molecule has 2 aromatic rings. The second-order valence-electron chi connectivity index (χ2n) is 4.81. The van der Waals surface area contributed by atoms with Crippen molar-refractivity contribution in [3.05, 3.63) is 64.1 Å². The Morgan fingerprint density at radius 2 is 1.83 bits per heavy atom. The minimum Gasteiger partial charge on any atom is -0.323 e. The Morgan fingerprint density at radius 3 is 2.52 bits per heavy atom. The van der Waals surface area contributed by atoms with Gasteiger partial charge in [-0.1, -0.05) is 34.1 Å². The molecule has 1 N–H and O–H groups in total. The molecule has 4 nitrogen and oxygen atoms in total. The molecule has 0 aromatic heterocycles. The summed E-state index contributed by atoms with van der Waals surface area (Å²) in [6, 6.07) is 9.93. The number of amides is 1. The Bertz CT molecular complexity index is 840. The van der Waals surface area contributed by atoms with Crippen molar-refractivity contribution in [3.8, 4) is 0 Å². The van der Waals surface area contributed by atoms with Crippen molar-refractivity contribution in [3.63, 3.8) is 0 Å². The monoisotopic (exact) mass is 403 g/mol. The molecule has 0 aliphatic rings. The first kappa shape index (κ1) is 17.6. The highest BCUT2D eigenvalue weighted by Crippen LogP contribution is 2.17. The molecule has 2 aromatic carbocycles. The Labute approximate surface area is 140 Å². The summed E-state index contributed by atoms with van der Waals surface area (Å²) in [5.74, 6) is -4.43. The van der Waals surface area contributed by atoms with E-state index in [-0.39, 0.29) is 5.75 Å². The predicted molar refractivity (Wildman–Crippen MR) is 86.6 cm³/mol. The van der Waals surface area contributed by atoms with Gasteiger partial charge in [0.2, 0.25) is 5.91 Å². The van der Waals surface area contributed by atoms with Crippen LogP contribution in [0.4, 0.5) is 14.5 Å². The summed E-state index contributed by atoms with van der Waals surface area (Å²) in [5.41, 5.74) is 0.122. The topological polar surface area (TPSA) is 63.2 Å². The van der Waals surface area contributed by atoms with E-state index in [2.05, 4.69) is 21.2 Å². The number of anilines is 1. The van der Waals surface area contributed by atoms with Crippen LogP contribution in [-0.4, -0.2) is 20.1 Å². The lowest BCUT2D eigenvalue weighted by Crippen LogP contribution is -2.24. The van der Waals surface area contributed by atoms with Gasteiger partial charge in [0.05, 0.1) is 11.4 Å². The molecule has 2 rings (SSSR count). The van der Waals surface area contributed by atoms with Crippen LogP contribution in [0.25, 0.3) is 0 Å².